The van der Waals surface area contributed by atoms with E-state index in [0.717, 1.165) is 48.4 Å². The molecule has 6 nitrogen and oxygen atoms in total. The van der Waals surface area contributed by atoms with Crippen LogP contribution in [0.2, 0.25) is 5.02 Å². The Labute approximate surface area is 166 Å². The summed E-state index contributed by atoms with van der Waals surface area (Å²) in [6, 6.07) is 7.90. The third kappa shape index (κ3) is 2.89. The SMILES string of the molecule is Cc1cn2cc(-c3ccc4c(=O)n(C5CCNCC5)cnc4c3)cc(Cl)c2n1. The molecule has 28 heavy (non-hydrogen) atoms. The Hall–Kier alpha value is -2.70. The zero-order valence-electron chi connectivity index (χ0n) is 15.5. The second kappa shape index (κ2) is 6.72. The summed E-state index contributed by atoms with van der Waals surface area (Å²) in [7, 11) is 0. The van der Waals surface area contributed by atoms with Gasteiger partial charge >= 0.3 is 0 Å². The van der Waals surface area contributed by atoms with Crippen molar-refractivity contribution in [3.8, 4) is 11.1 Å². The first-order valence-corrected chi connectivity index (χ1v) is 9.85. The van der Waals surface area contributed by atoms with Crippen LogP contribution in [0.25, 0.3) is 27.7 Å². The number of fused-ring (bicyclic) bond motifs is 2. The van der Waals surface area contributed by atoms with E-state index in [-0.39, 0.29) is 11.6 Å². The summed E-state index contributed by atoms with van der Waals surface area (Å²) in [5, 5.41) is 4.58. The zero-order valence-corrected chi connectivity index (χ0v) is 16.3. The summed E-state index contributed by atoms with van der Waals surface area (Å²) in [5.74, 6) is 0. The Bertz CT molecular complexity index is 1250. The highest BCUT2D eigenvalue weighted by Gasteiger charge is 2.17. The Balaban J connectivity index is 1.59. The van der Waals surface area contributed by atoms with E-state index in [4.69, 9.17) is 11.6 Å². The van der Waals surface area contributed by atoms with Crippen LogP contribution in [0.5, 0.6) is 0 Å². The summed E-state index contributed by atoms with van der Waals surface area (Å²) < 4.78 is 3.72. The molecule has 7 heteroatoms. The summed E-state index contributed by atoms with van der Waals surface area (Å²) in [5.41, 5.74) is 4.31. The molecular formula is C21H20ClN5O. The summed E-state index contributed by atoms with van der Waals surface area (Å²) in [4.78, 5) is 22.0. The Morgan fingerprint density at radius 1 is 1.14 bits per heavy atom. The normalized spacial score (nSPS) is 15.5. The standard InChI is InChI=1S/C21H20ClN5O/c1-13-10-26-11-15(8-18(22)20(26)25-13)14-2-3-17-19(9-14)24-12-27(21(17)28)16-4-6-23-7-5-16/h2-3,8-12,16,23H,4-7H2,1H3. The first-order valence-electron chi connectivity index (χ1n) is 9.47. The maximum Gasteiger partial charge on any atom is 0.261 e. The van der Waals surface area contributed by atoms with E-state index in [9.17, 15) is 4.79 Å². The highest BCUT2D eigenvalue weighted by molar-refractivity contribution is 6.33. The van der Waals surface area contributed by atoms with Gasteiger partial charge in [-0.25, -0.2) is 9.97 Å². The zero-order chi connectivity index (χ0) is 19.3. The van der Waals surface area contributed by atoms with Gasteiger partial charge < -0.3 is 9.72 Å². The second-order valence-corrected chi connectivity index (χ2v) is 7.77. The summed E-state index contributed by atoms with van der Waals surface area (Å²) in [6.07, 6.45) is 7.54. The monoisotopic (exact) mass is 393 g/mol. The molecule has 5 rings (SSSR count). The number of pyridine rings is 1. The average molecular weight is 394 g/mol. The maximum absolute atomic E-state index is 13.0. The van der Waals surface area contributed by atoms with Gasteiger partial charge in [-0.3, -0.25) is 9.36 Å². The molecule has 3 aromatic heterocycles. The number of aryl methyl sites for hydroxylation is 1. The van der Waals surface area contributed by atoms with Crippen molar-refractivity contribution < 1.29 is 0 Å². The van der Waals surface area contributed by atoms with Gasteiger partial charge in [0.25, 0.3) is 5.56 Å². The number of aromatic nitrogens is 4. The van der Waals surface area contributed by atoms with E-state index >= 15 is 0 Å². The molecule has 0 unspecified atom stereocenters. The molecule has 0 bridgehead atoms. The molecule has 1 N–H and O–H groups in total. The number of nitrogens with one attached hydrogen (secondary N) is 1. The Kier molecular flexibility index (Phi) is 4.18. The molecule has 0 atom stereocenters. The van der Waals surface area contributed by atoms with Crippen molar-refractivity contribution in [2.24, 2.45) is 0 Å². The van der Waals surface area contributed by atoms with Gasteiger partial charge in [0.2, 0.25) is 0 Å². The number of rotatable bonds is 2. The van der Waals surface area contributed by atoms with Gasteiger partial charge in [0.1, 0.15) is 0 Å². The lowest BCUT2D eigenvalue weighted by molar-refractivity contribution is 0.359. The van der Waals surface area contributed by atoms with Gasteiger partial charge in [-0.05, 0) is 56.6 Å². The van der Waals surface area contributed by atoms with Gasteiger partial charge in [0, 0.05) is 24.0 Å². The van der Waals surface area contributed by atoms with Crippen molar-refractivity contribution in [1.29, 1.82) is 0 Å². The summed E-state index contributed by atoms with van der Waals surface area (Å²) in [6.45, 7) is 3.81. The van der Waals surface area contributed by atoms with Gasteiger partial charge in [0.05, 0.1) is 27.9 Å². The average Bonchev–Trinajstić information content (AvgIpc) is 3.09. The van der Waals surface area contributed by atoms with E-state index < -0.39 is 0 Å². The number of hydrogen-bond acceptors (Lipinski definition) is 4. The molecule has 0 saturated carbocycles. The predicted octanol–water partition coefficient (Wildman–Crippen LogP) is 3.60. The fourth-order valence-electron chi connectivity index (χ4n) is 4.00. The Morgan fingerprint density at radius 3 is 2.79 bits per heavy atom. The molecule has 0 spiro atoms. The van der Waals surface area contributed by atoms with Crippen LogP contribution in [0.1, 0.15) is 24.6 Å². The molecule has 0 aliphatic carbocycles. The third-order valence-corrected chi connectivity index (χ3v) is 5.72. The first kappa shape index (κ1) is 17.4. The molecule has 1 saturated heterocycles. The fraction of sp³-hybridized carbons (Fsp3) is 0.286. The number of piperidine rings is 1. The molecule has 1 aliphatic rings. The van der Waals surface area contributed by atoms with E-state index in [1.54, 1.807) is 10.9 Å². The van der Waals surface area contributed by atoms with Crippen LogP contribution in [0.4, 0.5) is 0 Å². The molecule has 0 amide bonds. The molecule has 0 radical (unpaired) electrons. The molecule has 142 valence electrons. The Morgan fingerprint density at radius 2 is 1.96 bits per heavy atom. The smallest absolute Gasteiger partial charge is 0.261 e. The third-order valence-electron chi connectivity index (χ3n) is 5.45. The quantitative estimate of drug-likeness (QED) is 0.565. The number of imidazole rings is 1. The van der Waals surface area contributed by atoms with Crippen molar-refractivity contribution >= 4 is 28.2 Å². The van der Waals surface area contributed by atoms with Crippen LogP contribution in [-0.2, 0) is 0 Å². The largest absolute Gasteiger partial charge is 0.317 e. The molecule has 4 aromatic rings. The topological polar surface area (TPSA) is 64.2 Å². The molecule has 1 fully saturated rings. The van der Waals surface area contributed by atoms with Crippen LogP contribution < -0.4 is 10.9 Å². The molecule has 1 aliphatic heterocycles. The number of halogens is 1. The minimum atomic E-state index is 0.0298. The van der Waals surface area contributed by atoms with E-state index in [1.165, 1.54) is 0 Å². The van der Waals surface area contributed by atoms with Crippen molar-refractivity contribution in [3.63, 3.8) is 0 Å². The van der Waals surface area contributed by atoms with Crippen LogP contribution in [-0.4, -0.2) is 32.0 Å². The maximum atomic E-state index is 13.0. The van der Waals surface area contributed by atoms with E-state index in [2.05, 4.69) is 15.3 Å². The van der Waals surface area contributed by atoms with Crippen molar-refractivity contribution in [1.82, 2.24) is 24.3 Å². The minimum Gasteiger partial charge on any atom is -0.317 e. The number of benzene rings is 1. The summed E-state index contributed by atoms with van der Waals surface area (Å²) >= 11 is 6.42. The van der Waals surface area contributed by atoms with Crippen LogP contribution >= 0.6 is 11.6 Å². The highest BCUT2D eigenvalue weighted by atomic mass is 35.5. The molecule has 1 aromatic carbocycles. The van der Waals surface area contributed by atoms with Crippen molar-refractivity contribution in [3.05, 3.63) is 64.1 Å². The predicted molar refractivity (Wildman–Crippen MR) is 111 cm³/mol. The van der Waals surface area contributed by atoms with Gasteiger partial charge in [-0.15, -0.1) is 0 Å². The van der Waals surface area contributed by atoms with Gasteiger partial charge in [0.15, 0.2) is 5.65 Å². The van der Waals surface area contributed by atoms with Crippen LogP contribution in [0.15, 0.2) is 47.8 Å². The van der Waals surface area contributed by atoms with Crippen LogP contribution in [0.3, 0.4) is 0 Å². The van der Waals surface area contributed by atoms with Gasteiger partial charge in [-0.2, -0.15) is 0 Å². The molecular weight excluding hydrogens is 374 g/mol. The van der Waals surface area contributed by atoms with E-state index in [0.29, 0.717) is 15.9 Å². The minimum absolute atomic E-state index is 0.0298. The van der Waals surface area contributed by atoms with Crippen molar-refractivity contribution in [2.45, 2.75) is 25.8 Å². The van der Waals surface area contributed by atoms with Gasteiger partial charge in [-0.1, -0.05) is 17.7 Å². The van der Waals surface area contributed by atoms with Crippen LogP contribution in [0, 0.1) is 6.92 Å². The lowest BCUT2D eigenvalue weighted by Gasteiger charge is -2.24. The van der Waals surface area contributed by atoms with Crippen molar-refractivity contribution in [2.75, 3.05) is 13.1 Å². The first-order chi connectivity index (χ1) is 13.6. The highest BCUT2D eigenvalue weighted by Crippen LogP contribution is 2.28. The fourth-order valence-corrected chi connectivity index (χ4v) is 4.25. The number of nitrogens with zero attached hydrogens (tertiary/aromatic N) is 4. The molecule has 4 heterocycles. The number of hydrogen-bond donors (Lipinski definition) is 1. The lowest BCUT2D eigenvalue weighted by Crippen LogP contribution is -2.34. The second-order valence-electron chi connectivity index (χ2n) is 7.36. The van der Waals surface area contributed by atoms with E-state index in [1.807, 2.05) is 48.0 Å². The lowest BCUT2D eigenvalue weighted by atomic mass is 10.0.